The minimum atomic E-state index is -4.41. The number of methoxy groups -OCH3 is 1. The molecule has 22 heavy (non-hydrogen) atoms. The van der Waals surface area contributed by atoms with Crippen molar-refractivity contribution in [2.45, 2.75) is 25.1 Å². The molecule has 2 heterocycles. The van der Waals surface area contributed by atoms with E-state index in [4.69, 9.17) is 4.74 Å². The summed E-state index contributed by atoms with van der Waals surface area (Å²) in [5, 5.41) is 0. The van der Waals surface area contributed by atoms with Gasteiger partial charge in [-0.15, -0.1) is 0 Å². The van der Waals surface area contributed by atoms with Gasteiger partial charge in [-0.05, 0) is 18.9 Å². The monoisotopic (exact) mass is 313 g/mol. The number of pyridine rings is 1. The number of fused-ring (bicyclic) bond motifs is 1. The summed E-state index contributed by atoms with van der Waals surface area (Å²) < 4.78 is 44.6. The molecule has 5 nitrogen and oxygen atoms in total. The molecular formula is C14H14F3N3O2. The molecular weight excluding hydrogens is 299 g/mol. The molecule has 0 radical (unpaired) electrons. The number of ether oxygens (including phenoxy) is 1. The fraction of sp³-hybridized carbons (Fsp3) is 0.429. The van der Waals surface area contributed by atoms with Crippen molar-refractivity contribution in [3.63, 3.8) is 0 Å². The fourth-order valence-electron chi connectivity index (χ4n) is 2.34. The van der Waals surface area contributed by atoms with Crippen LogP contribution in [-0.2, 0) is 0 Å². The first-order chi connectivity index (χ1) is 10.4. The zero-order chi connectivity index (χ0) is 15.9. The van der Waals surface area contributed by atoms with Crippen LogP contribution in [0.3, 0.4) is 0 Å². The molecule has 0 aromatic carbocycles. The highest BCUT2D eigenvalue weighted by Gasteiger charge is 2.41. The summed E-state index contributed by atoms with van der Waals surface area (Å²) in [6.07, 6.45) is -0.351. The highest BCUT2D eigenvalue weighted by molar-refractivity contribution is 5.93. The molecule has 8 heteroatoms. The number of rotatable bonds is 4. The Morgan fingerprint density at radius 2 is 2.23 bits per heavy atom. The lowest BCUT2D eigenvalue weighted by atomic mass is 10.3. The number of imidazole rings is 1. The molecule has 0 bridgehead atoms. The molecule has 1 aliphatic rings. The van der Waals surface area contributed by atoms with E-state index in [1.54, 1.807) is 18.3 Å². The zero-order valence-corrected chi connectivity index (χ0v) is 11.8. The quantitative estimate of drug-likeness (QED) is 0.871. The number of aromatic nitrogens is 2. The third-order valence-electron chi connectivity index (χ3n) is 3.54. The summed E-state index contributed by atoms with van der Waals surface area (Å²) >= 11 is 0. The number of alkyl halides is 3. The van der Waals surface area contributed by atoms with Crippen molar-refractivity contribution >= 4 is 11.6 Å². The highest BCUT2D eigenvalue weighted by atomic mass is 19.4. The minimum absolute atomic E-state index is 0.119. The molecule has 0 aliphatic heterocycles. The average Bonchev–Trinajstić information content (AvgIpc) is 3.22. The summed E-state index contributed by atoms with van der Waals surface area (Å²) in [7, 11) is 1.50. The Kier molecular flexibility index (Phi) is 3.46. The number of carbonyl (C=O) groups excluding carboxylic acids is 1. The minimum Gasteiger partial charge on any atom is -0.497 e. The molecule has 0 saturated heterocycles. The predicted octanol–water partition coefficient (Wildman–Crippen LogP) is 2.51. The number of hydrogen-bond acceptors (Lipinski definition) is 3. The summed E-state index contributed by atoms with van der Waals surface area (Å²) in [5.74, 6) is -0.0936. The van der Waals surface area contributed by atoms with Crippen LogP contribution in [0, 0.1) is 0 Å². The van der Waals surface area contributed by atoms with E-state index in [1.807, 2.05) is 0 Å². The topological polar surface area (TPSA) is 46.8 Å². The summed E-state index contributed by atoms with van der Waals surface area (Å²) in [5.41, 5.74) is 0.569. The van der Waals surface area contributed by atoms with E-state index in [0.717, 1.165) is 4.90 Å². The fourth-order valence-corrected chi connectivity index (χ4v) is 2.34. The Morgan fingerprint density at radius 1 is 1.50 bits per heavy atom. The molecule has 0 N–H and O–H groups in total. The van der Waals surface area contributed by atoms with E-state index in [0.29, 0.717) is 24.2 Å². The maximum Gasteiger partial charge on any atom is 0.406 e. The second-order valence-corrected chi connectivity index (χ2v) is 5.22. The van der Waals surface area contributed by atoms with Crippen LogP contribution in [0.4, 0.5) is 13.2 Å². The molecule has 1 aliphatic carbocycles. The van der Waals surface area contributed by atoms with Gasteiger partial charge in [-0.25, -0.2) is 4.98 Å². The first-order valence-corrected chi connectivity index (χ1v) is 6.78. The third-order valence-corrected chi connectivity index (χ3v) is 3.54. The number of nitrogens with zero attached hydrogens (tertiary/aromatic N) is 3. The first kappa shape index (κ1) is 14.7. The van der Waals surface area contributed by atoms with E-state index in [9.17, 15) is 18.0 Å². The molecule has 1 fully saturated rings. The van der Waals surface area contributed by atoms with Crippen LogP contribution in [0.15, 0.2) is 24.5 Å². The van der Waals surface area contributed by atoms with Gasteiger partial charge in [0.05, 0.1) is 13.3 Å². The Bertz CT molecular complexity index is 707. The second kappa shape index (κ2) is 5.19. The number of hydrogen-bond donors (Lipinski definition) is 0. The van der Waals surface area contributed by atoms with E-state index in [1.165, 1.54) is 17.7 Å². The molecule has 1 saturated carbocycles. The molecule has 1 amide bonds. The molecule has 118 valence electrons. The Hall–Kier alpha value is -2.25. The maximum absolute atomic E-state index is 12.7. The van der Waals surface area contributed by atoms with Crippen LogP contribution in [0.1, 0.15) is 23.3 Å². The molecule has 2 aromatic heterocycles. The number of amides is 1. The molecule has 0 atom stereocenters. The molecule has 3 rings (SSSR count). The van der Waals surface area contributed by atoms with E-state index >= 15 is 0 Å². The normalized spacial score (nSPS) is 15.1. The van der Waals surface area contributed by atoms with Gasteiger partial charge in [0.15, 0.2) is 0 Å². The lowest BCUT2D eigenvalue weighted by Gasteiger charge is -2.23. The SMILES string of the molecule is COc1ccn2c(C(=O)N(CC(F)(F)F)C3CC3)cnc2c1. The van der Waals surface area contributed by atoms with Crippen molar-refractivity contribution in [2.24, 2.45) is 0 Å². The van der Waals surface area contributed by atoms with Gasteiger partial charge in [-0.1, -0.05) is 0 Å². The second-order valence-electron chi connectivity index (χ2n) is 5.22. The van der Waals surface area contributed by atoms with Crippen molar-refractivity contribution in [3.8, 4) is 5.75 Å². The van der Waals surface area contributed by atoms with Gasteiger partial charge in [-0.3, -0.25) is 9.20 Å². The lowest BCUT2D eigenvalue weighted by molar-refractivity contribution is -0.141. The largest absolute Gasteiger partial charge is 0.497 e. The number of halogens is 3. The van der Waals surface area contributed by atoms with Gasteiger partial charge in [-0.2, -0.15) is 13.2 Å². The van der Waals surface area contributed by atoms with Crippen LogP contribution in [0.2, 0.25) is 0 Å². The summed E-state index contributed by atoms with van der Waals surface area (Å²) in [4.78, 5) is 17.4. The van der Waals surface area contributed by atoms with Gasteiger partial charge in [0.25, 0.3) is 5.91 Å². The van der Waals surface area contributed by atoms with Crippen molar-refractivity contribution < 1.29 is 22.7 Å². The van der Waals surface area contributed by atoms with Gasteiger partial charge in [0.2, 0.25) is 0 Å². The maximum atomic E-state index is 12.7. The predicted molar refractivity (Wildman–Crippen MR) is 71.9 cm³/mol. The van der Waals surface area contributed by atoms with Crippen LogP contribution in [0.5, 0.6) is 5.75 Å². The van der Waals surface area contributed by atoms with E-state index < -0.39 is 18.6 Å². The first-order valence-electron chi connectivity index (χ1n) is 6.78. The van der Waals surface area contributed by atoms with Crippen molar-refractivity contribution in [1.29, 1.82) is 0 Å². The van der Waals surface area contributed by atoms with E-state index in [2.05, 4.69) is 4.98 Å². The van der Waals surface area contributed by atoms with Gasteiger partial charge >= 0.3 is 6.18 Å². The zero-order valence-electron chi connectivity index (χ0n) is 11.8. The Balaban J connectivity index is 1.93. The number of carbonyl (C=O) groups is 1. The average molecular weight is 313 g/mol. The van der Waals surface area contributed by atoms with Crippen LogP contribution in [-0.4, -0.2) is 46.1 Å². The van der Waals surface area contributed by atoms with Crippen LogP contribution in [0.25, 0.3) is 5.65 Å². The molecule has 0 unspecified atom stereocenters. The third kappa shape index (κ3) is 2.86. The Morgan fingerprint density at radius 3 is 2.82 bits per heavy atom. The highest BCUT2D eigenvalue weighted by Crippen LogP contribution is 2.31. The van der Waals surface area contributed by atoms with E-state index in [-0.39, 0.29) is 11.7 Å². The van der Waals surface area contributed by atoms with Crippen LogP contribution >= 0.6 is 0 Å². The lowest BCUT2D eigenvalue weighted by Crippen LogP contribution is -2.41. The van der Waals surface area contributed by atoms with Gasteiger partial charge in [0, 0.05) is 18.3 Å². The summed E-state index contributed by atoms with van der Waals surface area (Å²) in [6.45, 7) is -1.24. The van der Waals surface area contributed by atoms with Crippen molar-refractivity contribution in [2.75, 3.05) is 13.7 Å². The van der Waals surface area contributed by atoms with Gasteiger partial charge < -0.3 is 9.64 Å². The molecule has 0 spiro atoms. The standard InChI is InChI=1S/C14H14F3N3O2/c1-22-10-4-5-19-11(7-18-12(19)6-10)13(21)20(9-2-3-9)8-14(15,16)17/h4-7,9H,2-3,8H2,1H3. The smallest absolute Gasteiger partial charge is 0.406 e. The van der Waals surface area contributed by atoms with Gasteiger partial charge in [0.1, 0.15) is 23.6 Å². The van der Waals surface area contributed by atoms with Crippen LogP contribution < -0.4 is 4.74 Å². The van der Waals surface area contributed by atoms with Crippen molar-refractivity contribution in [1.82, 2.24) is 14.3 Å². The summed E-state index contributed by atoms with van der Waals surface area (Å²) in [6, 6.07) is 2.90. The molecule has 2 aromatic rings. The van der Waals surface area contributed by atoms with Crippen molar-refractivity contribution in [3.05, 3.63) is 30.2 Å². The Labute approximate surface area is 124 Å².